The number of nitrogens with zero attached hydrogens (tertiary/aromatic N) is 4. The fraction of sp³-hybridized carbons (Fsp3) is 0.263. The number of pyridine rings is 1. The molecule has 0 saturated carbocycles. The van der Waals surface area contributed by atoms with Crippen LogP contribution in [0, 0.1) is 6.92 Å². The molecule has 3 aromatic heterocycles. The van der Waals surface area contributed by atoms with Gasteiger partial charge in [0.2, 0.25) is 0 Å². The molecule has 5 nitrogen and oxygen atoms in total. The van der Waals surface area contributed by atoms with Crippen LogP contribution in [-0.4, -0.2) is 19.7 Å². The third kappa shape index (κ3) is 4.20. The molecule has 3 heterocycles. The van der Waals surface area contributed by atoms with Crippen LogP contribution >= 0.6 is 0 Å². The fourth-order valence-corrected chi connectivity index (χ4v) is 2.69. The van der Waals surface area contributed by atoms with Gasteiger partial charge in [-0.05, 0) is 31.2 Å². The van der Waals surface area contributed by atoms with Gasteiger partial charge in [0.05, 0.1) is 30.7 Å². The number of hydrogen-bond donors (Lipinski definition) is 0. The molecule has 0 atom stereocenters. The first-order valence-electron chi connectivity index (χ1n) is 8.03. The highest BCUT2D eigenvalue weighted by atomic mass is 16.3. The van der Waals surface area contributed by atoms with Gasteiger partial charge in [0.1, 0.15) is 5.76 Å². The van der Waals surface area contributed by atoms with E-state index < -0.39 is 0 Å². The van der Waals surface area contributed by atoms with E-state index in [1.807, 2.05) is 54.2 Å². The van der Waals surface area contributed by atoms with Gasteiger partial charge in [-0.2, -0.15) is 5.10 Å². The quantitative estimate of drug-likeness (QED) is 0.595. The van der Waals surface area contributed by atoms with Crippen molar-refractivity contribution in [3.05, 3.63) is 84.4 Å². The van der Waals surface area contributed by atoms with Crippen molar-refractivity contribution in [2.24, 2.45) is 0 Å². The summed E-state index contributed by atoms with van der Waals surface area (Å²) in [6, 6.07) is 9.91. The Labute approximate surface area is 142 Å². The average molecular weight is 322 g/mol. The molecule has 3 aromatic rings. The van der Waals surface area contributed by atoms with E-state index in [9.17, 15) is 0 Å². The van der Waals surface area contributed by atoms with Crippen LogP contribution in [0.25, 0.3) is 0 Å². The molecule has 0 bridgehead atoms. The molecule has 0 saturated heterocycles. The Morgan fingerprint density at radius 3 is 2.83 bits per heavy atom. The van der Waals surface area contributed by atoms with Crippen molar-refractivity contribution in [1.29, 1.82) is 0 Å². The summed E-state index contributed by atoms with van der Waals surface area (Å²) in [6.45, 7) is 8.81. The predicted octanol–water partition coefficient (Wildman–Crippen LogP) is 3.57. The minimum Gasteiger partial charge on any atom is -0.468 e. The van der Waals surface area contributed by atoms with Crippen molar-refractivity contribution in [2.45, 2.75) is 33.1 Å². The molecular weight excluding hydrogens is 300 g/mol. The molecule has 0 aromatic carbocycles. The molecule has 0 fully saturated rings. The number of furan rings is 1. The molecule has 0 aliphatic heterocycles. The van der Waals surface area contributed by atoms with E-state index in [1.165, 1.54) is 5.56 Å². The Bertz CT molecular complexity index is 762. The summed E-state index contributed by atoms with van der Waals surface area (Å²) in [5.41, 5.74) is 3.29. The number of hydrogen-bond acceptors (Lipinski definition) is 4. The number of allylic oxidation sites excluding steroid dienone is 1. The van der Waals surface area contributed by atoms with Crippen molar-refractivity contribution < 1.29 is 4.42 Å². The van der Waals surface area contributed by atoms with E-state index >= 15 is 0 Å². The minimum atomic E-state index is 0.721. The molecular formula is C19H22N4O. The van der Waals surface area contributed by atoms with E-state index in [0.29, 0.717) is 0 Å². The average Bonchev–Trinajstić information content (AvgIpc) is 3.19. The van der Waals surface area contributed by atoms with Crippen LogP contribution in [0.5, 0.6) is 0 Å². The van der Waals surface area contributed by atoms with Gasteiger partial charge in [0.15, 0.2) is 0 Å². The lowest BCUT2D eigenvalue weighted by molar-refractivity contribution is 0.224. The molecule has 0 aliphatic carbocycles. The first-order valence-corrected chi connectivity index (χ1v) is 8.03. The third-order valence-electron chi connectivity index (χ3n) is 3.83. The Kier molecular flexibility index (Phi) is 5.23. The van der Waals surface area contributed by atoms with E-state index in [4.69, 9.17) is 4.42 Å². The second kappa shape index (κ2) is 7.75. The number of rotatable bonds is 8. The van der Waals surface area contributed by atoms with Crippen molar-refractivity contribution in [2.75, 3.05) is 0 Å². The summed E-state index contributed by atoms with van der Waals surface area (Å²) in [5, 5.41) is 4.54. The highest BCUT2D eigenvalue weighted by Gasteiger charge is 2.14. The standard InChI is InChI=1S/C19H22N4O/c1-3-10-23-13-17(16(2)21-23)12-22(15-19-8-6-11-24-19)14-18-7-4-5-9-20-18/h3-9,11,13H,1,10,12,14-15H2,2H3. The Hall–Kier alpha value is -2.66. The van der Waals surface area contributed by atoms with Gasteiger partial charge >= 0.3 is 0 Å². The SMILES string of the molecule is C=CCn1cc(CN(Cc2ccccn2)Cc2ccco2)c(C)n1. The zero-order chi connectivity index (χ0) is 16.8. The van der Waals surface area contributed by atoms with Crippen LogP contribution in [0.2, 0.25) is 0 Å². The highest BCUT2D eigenvalue weighted by molar-refractivity contribution is 5.16. The van der Waals surface area contributed by atoms with Gasteiger partial charge in [-0.3, -0.25) is 14.6 Å². The van der Waals surface area contributed by atoms with Crippen LogP contribution < -0.4 is 0 Å². The number of aryl methyl sites for hydroxylation is 1. The highest BCUT2D eigenvalue weighted by Crippen LogP contribution is 2.15. The van der Waals surface area contributed by atoms with E-state index in [2.05, 4.69) is 27.8 Å². The van der Waals surface area contributed by atoms with Gasteiger partial charge in [-0.15, -0.1) is 6.58 Å². The minimum absolute atomic E-state index is 0.721. The van der Waals surface area contributed by atoms with Gasteiger partial charge < -0.3 is 4.42 Å². The van der Waals surface area contributed by atoms with Gasteiger partial charge in [-0.25, -0.2) is 0 Å². The van der Waals surface area contributed by atoms with Gasteiger partial charge in [-0.1, -0.05) is 12.1 Å². The maximum absolute atomic E-state index is 5.52. The van der Waals surface area contributed by atoms with Crippen LogP contribution in [0.3, 0.4) is 0 Å². The lowest BCUT2D eigenvalue weighted by atomic mass is 10.2. The Morgan fingerprint density at radius 1 is 1.21 bits per heavy atom. The summed E-state index contributed by atoms with van der Waals surface area (Å²) in [5.74, 6) is 0.946. The second-order valence-corrected chi connectivity index (χ2v) is 5.80. The van der Waals surface area contributed by atoms with Crippen molar-refractivity contribution in [3.63, 3.8) is 0 Å². The molecule has 0 unspecified atom stereocenters. The van der Waals surface area contributed by atoms with Gasteiger partial charge in [0, 0.05) is 31.0 Å². The maximum Gasteiger partial charge on any atom is 0.117 e. The monoisotopic (exact) mass is 322 g/mol. The fourth-order valence-electron chi connectivity index (χ4n) is 2.69. The third-order valence-corrected chi connectivity index (χ3v) is 3.83. The van der Waals surface area contributed by atoms with Crippen LogP contribution in [0.15, 0.2) is 66.1 Å². The summed E-state index contributed by atoms with van der Waals surface area (Å²) in [6.07, 6.45) is 7.48. The zero-order valence-corrected chi connectivity index (χ0v) is 13.9. The zero-order valence-electron chi connectivity index (χ0n) is 13.9. The summed E-state index contributed by atoms with van der Waals surface area (Å²) in [4.78, 5) is 6.75. The smallest absolute Gasteiger partial charge is 0.117 e. The summed E-state index contributed by atoms with van der Waals surface area (Å²) in [7, 11) is 0. The van der Waals surface area contributed by atoms with Crippen molar-refractivity contribution >= 4 is 0 Å². The molecule has 24 heavy (non-hydrogen) atoms. The normalized spacial score (nSPS) is 11.1. The second-order valence-electron chi connectivity index (χ2n) is 5.80. The van der Waals surface area contributed by atoms with Crippen LogP contribution in [0.4, 0.5) is 0 Å². The van der Waals surface area contributed by atoms with E-state index in [-0.39, 0.29) is 0 Å². The molecule has 0 aliphatic rings. The van der Waals surface area contributed by atoms with Gasteiger partial charge in [0.25, 0.3) is 0 Å². The molecule has 0 amide bonds. The summed E-state index contributed by atoms with van der Waals surface area (Å²) >= 11 is 0. The van der Waals surface area contributed by atoms with Crippen molar-refractivity contribution in [3.8, 4) is 0 Å². The molecule has 5 heteroatoms. The van der Waals surface area contributed by atoms with Crippen LogP contribution in [-0.2, 0) is 26.2 Å². The Morgan fingerprint density at radius 2 is 2.12 bits per heavy atom. The topological polar surface area (TPSA) is 47.1 Å². The predicted molar refractivity (Wildman–Crippen MR) is 93.1 cm³/mol. The molecule has 3 rings (SSSR count). The lowest BCUT2D eigenvalue weighted by Crippen LogP contribution is -2.23. The largest absolute Gasteiger partial charge is 0.468 e. The van der Waals surface area contributed by atoms with Crippen molar-refractivity contribution in [1.82, 2.24) is 19.7 Å². The maximum atomic E-state index is 5.52. The van der Waals surface area contributed by atoms with E-state index in [1.54, 1.807) is 6.26 Å². The summed E-state index contributed by atoms with van der Waals surface area (Å²) < 4.78 is 7.44. The first kappa shape index (κ1) is 16.2. The molecule has 124 valence electrons. The Balaban J connectivity index is 1.77. The molecule has 0 spiro atoms. The molecule has 0 radical (unpaired) electrons. The molecule has 0 N–H and O–H groups in total. The first-order chi connectivity index (χ1) is 11.7. The lowest BCUT2D eigenvalue weighted by Gasteiger charge is -2.20. The van der Waals surface area contributed by atoms with Crippen LogP contribution in [0.1, 0.15) is 22.7 Å². The van der Waals surface area contributed by atoms with E-state index in [0.717, 1.165) is 43.3 Å². The number of aromatic nitrogens is 3.